The van der Waals surface area contributed by atoms with Gasteiger partial charge in [-0.3, -0.25) is 24.6 Å². The number of benzene rings is 2. The molecule has 2 aromatic rings. The number of thioether (sulfide) groups is 1. The minimum atomic E-state index is -0.478. The fraction of sp³-hybridized carbons (Fsp3) is 0.238. The topological polar surface area (TPSA) is 99.0 Å². The first-order valence-electron chi connectivity index (χ1n) is 9.33. The van der Waals surface area contributed by atoms with Crippen molar-refractivity contribution in [2.45, 2.75) is 20.0 Å². The Kier molecular flexibility index (Phi) is 7.19. The molecule has 0 aromatic heterocycles. The van der Waals surface area contributed by atoms with Crippen molar-refractivity contribution < 1.29 is 24.0 Å². The molecule has 0 N–H and O–H groups in total. The van der Waals surface area contributed by atoms with Crippen LogP contribution >= 0.6 is 23.4 Å². The van der Waals surface area contributed by atoms with E-state index in [-0.39, 0.29) is 34.2 Å². The van der Waals surface area contributed by atoms with Crippen LogP contribution in [-0.2, 0) is 11.4 Å². The molecule has 1 heterocycles. The van der Waals surface area contributed by atoms with E-state index in [9.17, 15) is 19.7 Å². The molecule has 162 valence electrons. The van der Waals surface area contributed by atoms with Crippen LogP contribution in [0.2, 0.25) is 5.02 Å². The minimum absolute atomic E-state index is 0.0356. The van der Waals surface area contributed by atoms with Gasteiger partial charge in [-0.25, -0.2) is 0 Å². The summed E-state index contributed by atoms with van der Waals surface area (Å²) < 4.78 is 11.1. The van der Waals surface area contributed by atoms with Gasteiger partial charge in [0.05, 0.1) is 22.0 Å². The van der Waals surface area contributed by atoms with Crippen LogP contribution in [0.5, 0.6) is 11.5 Å². The highest BCUT2D eigenvalue weighted by atomic mass is 35.5. The Morgan fingerprint density at radius 1 is 1.26 bits per heavy atom. The summed E-state index contributed by atoms with van der Waals surface area (Å²) in [6.45, 7) is 2.31. The number of non-ortho nitro benzene ring substituents is 1. The summed E-state index contributed by atoms with van der Waals surface area (Å²) in [5, 5.41) is 10.9. The van der Waals surface area contributed by atoms with E-state index in [2.05, 4.69) is 0 Å². The van der Waals surface area contributed by atoms with Crippen LogP contribution in [0.25, 0.3) is 6.08 Å². The molecule has 10 heteroatoms. The van der Waals surface area contributed by atoms with Crippen LogP contribution in [-0.4, -0.2) is 34.6 Å². The van der Waals surface area contributed by atoms with E-state index in [4.69, 9.17) is 21.1 Å². The summed E-state index contributed by atoms with van der Waals surface area (Å²) in [6.07, 6.45) is 2.26. The maximum absolute atomic E-state index is 12.4. The Morgan fingerprint density at radius 3 is 2.71 bits per heavy atom. The fourth-order valence-electron chi connectivity index (χ4n) is 2.95. The smallest absolute Gasteiger partial charge is 0.293 e. The zero-order chi connectivity index (χ0) is 22.5. The number of hydrogen-bond donors (Lipinski definition) is 0. The molecule has 0 unspecified atom stereocenters. The molecule has 2 aromatic carbocycles. The van der Waals surface area contributed by atoms with Gasteiger partial charge in [-0.2, -0.15) is 0 Å². The lowest BCUT2D eigenvalue weighted by molar-refractivity contribution is -0.384. The molecule has 31 heavy (non-hydrogen) atoms. The van der Waals surface area contributed by atoms with Crippen molar-refractivity contribution >= 4 is 46.3 Å². The van der Waals surface area contributed by atoms with E-state index in [1.165, 1.54) is 24.1 Å². The number of ether oxygens (including phenoxy) is 2. The monoisotopic (exact) mass is 462 g/mol. The number of carbonyl (C=O) groups is 2. The quantitative estimate of drug-likeness (QED) is 0.299. The summed E-state index contributed by atoms with van der Waals surface area (Å²) in [5.74, 6) is 0.266. The second-order valence-corrected chi connectivity index (χ2v) is 7.98. The Morgan fingerprint density at radius 2 is 2.03 bits per heavy atom. The van der Waals surface area contributed by atoms with Gasteiger partial charge in [0.25, 0.3) is 16.8 Å². The number of nitro groups is 1. The van der Waals surface area contributed by atoms with E-state index in [1.54, 1.807) is 30.3 Å². The van der Waals surface area contributed by atoms with Crippen molar-refractivity contribution in [1.29, 1.82) is 0 Å². The predicted molar refractivity (Wildman–Crippen MR) is 118 cm³/mol. The molecular weight excluding hydrogens is 444 g/mol. The highest BCUT2D eigenvalue weighted by Crippen LogP contribution is 2.39. The Labute approximate surface area is 187 Å². The zero-order valence-electron chi connectivity index (χ0n) is 16.8. The van der Waals surface area contributed by atoms with E-state index < -0.39 is 4.92 Å². The van der Waals surface area contributed by atoms with Crippen LogP contribution < -0.4 is 9.47 Å². The van der Waals surface area contributed by atoms with Crippen molar-refractivity contribution in [3.63, 3.8) is 0 Å². The standard InChI is InChI=1S/C21H19ClN2O6S/c1-3-7-23-20(25)18(31-21(23)26)11-14-9-16(22)19(17(10-14)29-2)30-12-13-5-4-6-15(8-13)24(27)28/h4-6,8-11H,3,7,12H2,1-2H3/b18-11+. The van der Waals surface area contributed by atoms with Gasteiger partial charge in [0, 0.05) is 18.7 Å². The maximum atomic E-state index is 12.4. The minimum Gasteiger partial charge on any atom is -0.493 e. The third-order valence-electron chi connectivity index (χ3n) is 4.37. The Bertz CT molecular complexity index is 1070. The van der Waals surface area contributed by atoms with Gasteiger partial charge in [0.15, 0.2) is 11.5 Å². The normalized spacial score (nSPS) is 14.9. The van der Waals surface area contributed by atoms with E-state index in [0.717, 1.165) is 11.8 Å². The van der Waals surface area contributed by atoms with Crippen molar-refractivity contribution in [2.75, 3.05) is 13.7 Å². The van der Waals surface area contributed by atoms with Gasteiger partial charge in [-0.15, -0.1) is 0 Å². The number of imide groups is 1. The molecule has 1 aliphatic rings. The van der Waals surface area contributed by atoms with Crippen LogP contribution in [0.4, 0.5) is 10.5 Å². The van der Waals surface area contributed by atoms with Crippen molar-refractivity contribution in [3.8, 4) is 11.5 Å². The van der Waals surface area contributed by atoms with Gasteiger partial charge in [-0.1, -0.05) is 30.7 Å². The maximum Gasteiger partial charge on any atom is 0.293 e. The molecule has 0 bridgehead atoms. The summed E-state index contributed by atoms with van der Waals surface area (Å²) in [7, 11) is 1.45. The van der Waals surface area contributed by atoms with Gasteiger partial charge >= 0.3 is 0 Å². The average molecular weight is 463 g/mol. The first-order chi connectivity index (χ1) is 14.8. The number of amides is 2. The molecule has 0 saturated carbocycles. The highest BCUT2D eigenvalue weighted by Gasteiger charge is 2.34. The first kappa shape index (κ1) is 22.6. The third kappa shape index (κ3) is 5.18. The number of nitrogens with zero attached hydrogens (tertiary/aromatic N) is 2. The molecule has 8 nitrogen and oxygen atoms in total. The van der Waals surface area contributed by atoms with Gasteiger partial charge in [0.1, 0.15) is 6.61 Å². The number of carbonyl (C=O) groups excluding carboxylic acids is 2. The van der Waals surface area contributed by atoms with Crippen molar-refractivity contribution in [3.05, 3.63) is 67.6 Å². The highest BCUT2D eigenvalue weighted by molar-refractivity contribution is 8.18. The molecule has 0 aliphatic carbocycles. The molecule has 1 aliphatic heterocycles. The van der Waals surface area contributed by atoms with Gasteiger partial charge in [0.2, 0.25) is 0 Å². The summed E-state index contributed by atoms with van der Waals surface area (Å²) in [5.41, 5.74) is 1.14. The summed E-state index contributed by atoms with van der Waals surface area (Å²) >= 11 is 7.26. The average Bonchev–Trinajstić information content (AvgIpc) is 3.00. The van der Waals surface area contributed by atoms with Gasteiger partial charge < -0.3 is 9.47 Å². The number of hydrogen-bond acceptors (Lipinski definition) is 7. The zero-order valence-corrected chi connectivity index (χ0v) is 18.4. The molecule has 2 amide bonds. The lowest BCUT2D eigenvalue weighted by Gasteiger charge is -2.13. The molecule has 1 fully saturated rings. The molecular formula is C21H19ClN2O6S. The number of methoxy groups -OCH3 is 1. The second-order valence-electron chi connectivity index (χ2n) is 6.58. The lowest BCUT2D eigenvalue weighted by Crippen LogP contribution is -2.28. The van der Waals surface area contributed by atoms with E-state index in [1.807, 2.05) is 6.92 Å². The van der Waals surface area contributed by atoms with Gasteiger partial charge in [-0.05, 0) is 47.5 Å². The Hall–Kier alpha value is -3.04. The molecule has 0 radical (unpaired) electrons. The summed E-state index contributed by atoms with van der Waals surface area (Å²) in [6, 6.07) is 9.33. The SMILES string of the molecule is CCCN1C(=O)S/C(=C/c2cc(Cl)c(OCc3cccc([N+](=O)[O-])c3)c(OC)c2)C1=O. The largest absolute Gasteiger partial charge is 0.493 e. The molecule has 0 spiro atoms. The lowest BCUT2D eigenvalue weighted by atomic mass is 10.1. The number of halogens is 1. The summed E-state index contributed by atoms with van der Waals surface area (Å²) in [4.78, 5) is 36.4. The number of nitro benzene ring substituents is 1. The number of rotatable bonds is 8. The van der Waals surface area contributed by atoms with Crippen LogP contribution in [0, 0.1) is 10.1 Å². The first-order valence-corrected chi connectivity index (χ1v) is 10.5. The van der Waals surface area contributed by atoms with Crippen LogP contribution in [0.15, 0.2) is 41.3 Å². The molecule has 0 atom stereocenters. The van der Waals surface area contributed by atoms with E-state index >= 15 is 0 Å². The molecule has 1 saturated heterocycles. The third-order valence-corrected chi connectivity index (χ3v) is 5.56. The second kappa shape index (κ2) is 9.84. The van der Waals surface area contributed by atoms with Crippen LogP contribution in [0.3, 0.4) is 0 Å². The van der Waals surface area contributed by atoms with Crippen LogP contribution in [0.1, 0.15) is 24.5 Å². The Balaban J connectivity index is 1.82. The fourth-order valence-corrected chi connectivity index (χ4v) is 4.08. The predicted octanol–water partition coefficient (Wildman–Crippen LogP) is 5.28. The molecule has 3 rings (SSSR count). The van der Waals surface area contributed by atoms with Crippen molar-refractivity contribution in [2.24, 2.45) is 0 Å². The van der Waals surface area contributed by atoms with E-state index in [0.29, 0.717) is 34.7 Å². The van der Waals surface area contributed by atoms with Crippen molar-refractivity contribution in [1.82, 2.24) is 4.90 Å².